The second-order valence-corrected chi connectivity index (χ2v) is 6.35. The third-order valence-corrected chi connectivity index (χ3v) is 4.97. The Labute approximate surface area is 127 Å². The van der Waals surface area contributed by atoms with Crippen LogP contribution in [-0.4, -0.2) is 11.1 Å². The molecular formula is C19H25NO. The summed E-state index contributed by atoms with van der Waals surface area (Å²) in [5, 5.41) is 16.2. The van der Waals surface area contributed by atoms with Crippen molar-refractivity contribution in [2.45, 2.75) is 51.6 Å². The van der Waals surface area contributed by atoms with E-state index in [1.807, 2.05) is 24.3 Å². The van der Waals surface area contributed by atoms with Gasteiger partial charge in [-0.05, 0) is 42.5 Å². The van der Waals surface area contributed by atoms with Gasteiger partial charge in [0.2, 0.25) is 0 Å². The summed E-state index contributed by atoms with van der Waals surface area (Å²) in [6, 6.07) is 12.6. The molecule has 1 aliphatic rings. The van der Waals surface area contributed by atoms with E-state index in [-0.39, 0.29) is 0 Å². The quantitative estimate of drug-likeness (QED) is 0.859. The second kappa shape index (κ2) is 6.48. The molecule has 0 saturated heterocycles. The minimum atomic E-state index is 0.400. The van der Waals surface area contributed by atoms with Gasteiger partial charge in [0.05, 0.1) is 0 Å². The predicted molar refractivity (Wildman–Crippen MR) is 88.5 cm³/mol. The average Bonchev–Trinajstić information content (AvgIpc) is 2.54. The number of fused-ring (bicyclic) bond motifs is 1. The van der Waals surface area contributed by atoms with Gasteiger partial charge in [0, 0.05) is 18.2 Å². The van der Waals surface area contributed by atoms with E-state index in [4.69, 9.17) is 0 Å². The second-order valence-electron chi connectivity index (χ2n) is 6.35. The van der Waals surface area contributed by atoms with Crippen molar-refractivity contribution >= 4 is 10.8 Å². The molecule has 2 aromatic rings. The molecule has 1 aliphatic carbocycles. The number of benzene rings is 2. The number of nitrogens with one attached hydrogen (secondary N) is 1. The zero-order valence-corrected chi connectivity index (χ0v) is 12.8. The molecule has 0 aliphatic heterocycles. The van der Waals surface area contributed by atoms with Crippen LogP contribution in [0.3, 0.4) is 0 Å². The van der Waals surface area contributed by atoms with Crippen molar-refractivity contribution in [3.63, 3.8) is 0 Å². The summed E-state index contributed by atoms with van der Waals surface area (Å²) in [4.78, 5) is 0. The van der Waals surface area contributed by atoms with Crippen LogP contribution in [-0.2, 0) is 6.54 Å². The molecule has 1 fully saturated rings. The lowest BCUT2D eigenvalue weighted by molar-refractivity contribution is 0.280. The van der Waals surface area contributed by atoms with Crippen molar-refractivity contribution in [2.75, 3.05) is 0 Å². The monoisotopic (exact) mass is 283 g/mol. The van der Waals surface area contributed by atoms with Crippen molar-refractivity contribution in [3.8, 4) is 5.75 Å². The van der Waals surface area contributed by atoms with Crippen molar-refractivity contribution in [2.24, 2.45) is 5.92 Å². The smallest absolute Gasteiger partial charge is 0.120 e. The Morgan fingerprint density at radius 3 is 2.67 bits per heavy atom. The highest BCUT2D eigenvalue weighted by molar-refractivity contribution is 5.87. The third kappa shape index (κ3) is 3.21. The van der Waals surface area contributed by atoms with E-state index >= 15 is 0 Å². The molecule has 0 heterocycles. The van der Waals surface area contributed by atoms with Crippen LogP contribution < -0.4 is 5.32 Å². The molecule has 0 radical (unpaired) electrons. The Balaban J connectivity index is 1.74. The summed E-state index contributed by atoms with van der Waals surface area (Å²) in [6.07, 6.45) is 6.82. The molecule has 1 atom stereocenters. The maximum atomic E-state index is 10.2. The summed E-state index contributed by atoms with van der Waals surface area (Å²) < 4.78 is 0. The van der Waals surface area contributed by atoms with E-state index in [0.717, 1.165) is 23.4 Å². The van der Waals surface area contributed by atoms with Crippen molar-refractivity contribution in [3.05, 3.63) is 42.0 Å². The topological polar surface area (TPSA) is 32.3 Å². The van der Waals surface area contributed by atoms with Crippen LogP contribution in [0.5, 0.6) is 5.75 Å². The molecule has 0 spiro atoms. The molecule has 2 aromatic carbocycles. The van der Waals surface area contributed by atoms with E-state index in [9.17, 15) is 5.11 Å². The number of rotatable bonds is 4. The van der Waals surface area contributed by atoms with Gasteiger partial charge in [-0.2, -0.15) is 0 Å². The molecule has 1 unspecified atom stereocenters. The Kier molecular flexibility index (Phi) is 4.45. The number of phenolic OH excluding ortho intramolecular Hbond substituents is 1. The Morgan fingerprint density at radius 2 is 1.86 bits per heavy atom. The van der Waals surface area contributed by atoms with Crippen LogP contribution >= 0.6 is 0 Å². The van der Waals surface area contributed by atoms with Crippen LogP contribution in [0, 0.1) is 5.92 Å². The van der Waals surface area contributed by atoms with E-state index in [0.29, 0.717) is 11.8 Å². The van der Waals surface area contributed by atoms with E-state index < -0.39 is 0 Å². The first-order valence-corrected chi connectivity index (χ1v) is 8.18. The van der Waals surface area contributed by atoms with Crippen molar-refractivity contribution in [1.82, 2.24) is 5.32 Å². The van der Waals surface area contributed by atoms with Gasteiger partial charge in [-0.15, -0.1) is 0 Å². The zero-order chi connectivity index (χ0) is 14.7. The first-order valence-electron chi connectivity index (χ1n) is 8.18. The highest BCUT2D eigenvalue weighted by Gasteiger charge is 2.20. The summed E-state index contributed by atoms with van der Waals surface area (Å²) in [5.74, 6) is 1.19. The molecule has 1 saturated carbocycles. The summed E-state index contributed by atoms with van der Waals surface area (Å²) >= 11 is 0. The molecule has 3 rings (SSSR count). The Bertz CT molecular complexity index is 602. The molecule has 0 bridgehead atoms. The number of hydrogen-bond donors (Lipinski definition) is 2. The first-order chi connectivity index (χ1) is 10.3. The fraction of sp³-hybridized carbons (Fsp3) is 0.474. The minimum Gasteiger partial charge on any atom is -0.508 e. The SMILES string of the molecule is CC(NCc1c(O)ccc2ccccc12)C1CCCCC1. The lowest BCUT2D eigenvalue weighted by atomic mass is 9.84. The van der Waals surface area contributed by atoms with Gasteiger partial charge in [0.1, 0.15) is 5.75 Å². The van der Waals surface area contributed by atoms with E-state index in [1.165, 1.54) is 37.5 Å². The zero-order valence-electron chi connectivity index (χ0n) is 12.8. The fourth-order valence-corrected chi connectivity index (χ4v) is 3.57. The first kappa shape index (κ1) is 14.4. The van der Waals surface area contributed by atoms with Gasteiger partial charge in [0.25, 0.3) is 0 Å². The van der Waals surface area contributed by atoms with Gasteiger partial charge in [0.15, 0.2) is 0 Å². The minimum absolute atomic E-state index is 0.400. The van der Waals surface area contributed by atoms with Crippen LogP contribution in [0.25, 0.3) is 10.8 Å². The average molecular weight is 283 g/mol. The van der Waals surface area contributed by atoms with Gasteiger partial charge < -0.3 is 10.4 Å². The highest BCUT2D eigenvalue weighted by Crippen LogP contribution is 2.29. The predicted octanol–water partition coefficient (Wildman–Crippen LogP) is 4.60. The Morgan fingerprint density at radius 1 is 1.10 bits per heavy atom. The van der Waals surface area contributed by atoms with Crippen molar-refractivity contribution in [1.29, 1.82) is 0 Å². The molecule has 0 amide bonds. The molecule has 2 N–H and O–H groups in total. The fourth-order valence-electron chi connectivity index (χ4n) is 3.57. The molecular weight excluding hydrogens is 258 g/mol. The largest absolute Gasteiger partial charge is 0.508 e. The van der Waals surface area contributed by atoms with Gasteiger partial charge in [-0.3, -0.25) is 0 Å². The highest BCUT2D eigenvalue weighted by atomic mass is 16.3. The lowest BCUT2D eigenvalue weighted by Gasteiger charge is -2.28. The summed E-state index contributed by atoms with van der Waals surface area (Å²) in [7, 11) is 0. The third-order valence-electron chi connectivity index (χ3n) is 4.97. The summed E-state index contributed by atoms with van der Waals surface area (Å²) in [6.45, 7) is 3.03. The normalized spacial score (nSPS) is 18.0. The number of phenols is 1. The lowest BCUT2D eigenvalue weighted by Crippen LogP contribution is -2.34. The van der Waals surface area contributed by atoms with Gasteiger partial charge in [-0.1, -0.05) is 49.6 Å². The molecule has 112 valence electrons. The van der Waals surface area contributed by atoms with Crippen LogP contribution in [0.1, 0.15) is 44.6 Å². The molecule has 21 heavy (non-hydrogen) atoms. The molecule has 2 nitrogen and oxygen atoms in total. The standard InChI is InChI=1S/C19H25NO/c1-14(15-7-3-2-4-8-15)20-13-18-17-10-6-5-9-16(17)11-12-19(18)21/h5-6,9-12,14-15,20-21H,2-4,7-8,13H2,1H3. The summed E-state index contributed by atoms with van der Waals surface area (Å²) in [5.41, 5.74) is 1.02. The molecule has 2 heteroatoms. The maximum absolute atomic E-state index is 10.2. The van der Waals surface area contributed by atoms with Crippen LogP contribution in [0.4, 0.5) is 0 Å². The maximum Gasteiger partial charge on any atom is 0.120 e. The number of hydrogen-bond acceptors (Lipinski definition) is 2. The van der Waals surface area contributed by atoms with E-state index in [1.54, 1.807) is 0 Å². The van der Waals surface area contributed by atoms with E-state index in [2.05, 4.69) is 24.4 Å². The van der Waals surface area contributed by atoms with Gasteiger partial charge in [-0.25, -0.2) is 0 Å². The number of aromatic hydroxyl groups is 1. The van der Waals surface area contributed by atoms with Gasteiger partial charge >= 0.3 is 0 Å². The van der Waals surface area contributed by atoms with Crippen LogP contribution in [0.15, 0.2) is 36.4 Å². The van der Waals surface area contributed by atoms with Crippen molar-refractivity contribution < 1.29 is 5.11 Å². The Hall–Kier alpha value is -1.54. The van der Waals surface area contributed by atoms with Crippen LogP contribution in [0.2, 0.25) is 0 Å². The molecule has 0 aromatic heterocycles.